The normalized spacial score (nSPS) is 17.3. The number of ketones is 1. The molecule has 7 heteroatoms. The van der Waals surface area contributed by atoms with Crippen molar-refractivity contribution in [3.05, 3.63) is 64.7 Å². The first-order chi connectivity index (χ1) is 14.9. The largest absolute Gasteiger partial charge is 0.508 e. The Balaban J connectivity index is 1.27. The number of nitrogens with zero attached hydrogens (tertiary/aromatic N) is 1. The maximum atomic E-state index is 12.7. The number of hydrogen-bond acceptors (Lipinski definition) is 5. The van der Waals surface area contributed by atoms with Crippen molar-refractivity contribution in [3.8, 4) is 5.75 Å². The maximum absolute atomic E-state index is 12.7. The first-order valence-electron chi connectivity index (χ1n) is 10.7. The van der Waals surface area contributed by atoms with Crippen molar-refractivity contribution in [2.75, 3.05) is 13.1 Å². The number of carbonyl (C=O) groups is 3. The van der Waals surface area contributed by atoms with Gasteiger partial charge in [-0.05, 0) is 60.2 Å². The molecule has 0 aromatic heterocycles. The Hall–Kier alpha value is -3.19. The molecule has 2 aromatic rings. The standard InChI is InChI=1S/C24H27N3O4/c25-22(11-15-1-5-20(28)6-2-15)24(31)27-9-7-19(8-10-27)26-23(30)17-4-3-16-13-21(29)14-18(16)12-17/h1-6,12,19,22,28H,7-11,13-14,25H2,(H,26,30)/t22-/m0/s1. The van der Waals surface area contributed by atoms with E-state index in [9.17, 15) is 19.5 Å². The van der Waals surface area contributed by atoms with Crippen LogP contribution in [0.1, 0.15) is 39.9 Å². The highest BCUT2D eigenvalue weighted by atomic mass is 16.3. The minimum absolute atomic E-state index is 0.000223. The van der Waals surface area contributed by atoms with Crippen LogP contribution in [0, 0.1) is 0 Å². The number of hydrogen-bond donors (Lipinski definition) is 3. The fourth-order valence-corrected chi connectivity index (χ4v) is 4.31. The summed E-state index contributed by atoms with van der Waals surface area (Å²) in [4.78, 5) is 38.7. The molecular weight excluding hydrogens is 394 g/mol. The minimum Gasteiger partial charge on any atom is -0.508 e. The molecule has 1 atom stereocenters. The summed E-state index contributed by atoms with van der Waals surface area (Å²) in [5, 5.41) is 12.4. The lowest BCUT2D eigenvalue weighted by atomic mass is 10.0. The third-order valence-electron chi connectivity index (χ3n) is 6.09. The second-order valence-corrected chi connectivity index (χ2v) is 8.43. The van der Waals surface area contributed by atoms with Crippen LogP contribution < -0.4 is 11.1 Å². The SMILES string of the molecule is N[C@@H](Cc1ccc(O)cc1)C(=O)N1CCC(NC(=O)c2ccc3c(c2)CC(=O)C3)CC1. The molecule has 4 N–H and O–H groups in total. The van der Waals surface area contributed by atoms with Crippen LogP contribution in [0.2, 0.25) is 0 Å². The number of fused-ring (bicyclic) bond motifs is 1. The first-order valence-corrected chi connectivity index (χ1v) is 10.7. The summed E-state index contributed by atoms with van der Waals surface area (Å²) < 4.78 is 0. The quantitative estimate of drug-likeness (QED) is 0.675. The Labute approximate surface area is 181 Å². The van der Waals surface area contributed by atoms with E-state index in [2.05, 4.69) is 5.32 Å². The van der Waals surface area contributed by atoms with Crippen LogP contribution >= 0.6 is 0 Å². The Bertz CT molecular complexity index is 994. The number of rotatable bonds is 5. The number of nitrogens with one attached hydrogen (secondary N) is 1. The van der Waals surface area contributed by atoms with Crippen molar-refractivity contribution in [3.63, 3.8) is 0 Å². The highest BCUT2D eigenvalue weighted by molar-refractivity contribution is 5.96. The summed E-state index contributed by atoms with van der Waals surface area (Å²) in [5.41, 5.74) is 9.54. The van der Waals surface area contributed by atoms with E-state index in [4.69, 9.17) is 5.73 Å². The van der Waals surface area contributed by atoms with Crippen molar-refractivity contribution in [2.45, 2.75) is 44.2 Å². The van der Waals surface area contributed by atoms with Crippen molar-refractivity contribution in [2.24, 2.45) is 5.73 Å². The van der Waals surface area contributed by atoms with E-state index in [0.717, 1.165) is 16.7 Å². The van der Waals surface area contributed by atoms with Gasteiger partial charge in [-0.25, -0.2) is 0 Å². The number of phenols is 1. The molecule has 2 aliphatic rings. The van der Waals surface area contributed by atoms with E-state index in [0.29, 0.717) is 50.8 Å². The summed E-state index contributed by atoms with van der Waals surface area (Å²) in [7, 11) is 0. The zero-order chi connectivity index (χ0) is 22.0. The molecule has 1 saturated heterocycles. The highest BCUT2D eigenvalue weighted by Gasteiger charge is 2.28. The van der Waals surface area contributed by atoms with Crippen molar-refractivity contribution in [1.82, 2.24) is 10.2 Å². The van der Waals surface area contributed by atoms with E-state index in [1.165, 1.54) is 0 Å². The van der Waals surface area contributed by atoms with Gasteiger partial charge in [0.2, 0.25) is 5.91 Å². The Kier molecular flexibility index (Phi) is 6.04. The van der Waals surface area contributed by atoms with Crippen molar-refractivity contribution < 1.29 is 19.5 Å². The summed E-state index contributed by atoms with van der Waals surface area (Å²) in [6.45, 7) is 1.09. The zero-order valence-electron chi connectivity index (χ0n) is 17.3. The fourth-order valence-electron chi connectivity index (χ4n) is 4.31. The number of likely N-dealkylation sites (tertiary alicyclic amines) is 1. The first kappa shape index (κ1) is 21.1. The number of benzene rings is 2. The Morgan fingerprint density at radius 1 is 1.06 bits per heavy atom. The van der Waals surface area contributed by atoms with Gasteiger partial charge in [0.15, 0.2) is 0 Å². The lowest BCUT2D eigenvalue weighted by molar-refractivity contribution is -0.133. The molecule has 2 amide bonds. The molecular formula is C24H27N3O4. The number of Topliss-reactive ketones (excluding diaryl/α,β-unsaturated/α-hetero) is 1. The van der Waals surface area contributed by atoms with E-state index < -0.39 is 6.04 Å². The monoisotopic (exact) mass is 421 g/mol. The third-order valence-corrected chi connectivity index (χ3v) is 6.09. The van der Waals surface area contributed by atoms with Gasteiger partial charge in [0, 0.05) is 37.5 Å². The molecule has 0 saturated carbocycles. The third kappa shape index (κ3) is 4.94. The second kappa shape index (κ2) is 8.89. The Morgan fingerprint density at radius 3 is 2.45 bits per heavy atom. The molecule has 0 unspecified atom stereocenters. The van der Waals surface area contributed by atoms with Crippen LogP contribution in [0.4, 0.5) is 0 Å². The van der Waals surface area contributed by atoms with Crippen LogP contribution in [0.25, 0.3) is 0 Å². The molecule has 7 nitrogen and oxygen atoms in total. The van der Waals surface area contributed by atoms with Crippen molar-refractivity contribution in [1.29, 1.82) is 0 Å². The number of phenolic OH excluding ortho intramolecular Hbond substituents is 1. The van der Waals surface area contributed by atoms with E-state index in [1.54, 1.807) is 35.2 Å². The Morgan fingerprint density at radius 2 is 1.74 bits per heavy atom. The molecule has 0 radical (unpaired) electrons. The average molecular weight is 421 g/mol. The summed E-state index contributed by atoms with van der Waals surface area (Å²) in [5.74, 6) is 0.131. The van der Waals surface area contributed by atoms with Gasteiger partial charge in [-0.3, -0.25) is 14.4 Å². The fraction of sp³-hybridized carbons (Fsp3) is 0.375. The molecule has 1 fully saturated rings. The average Bonchev–Trinajstić information content (AvgIpc) is 3.14. The summed E-state index contributed by atoms with van der Waals surface area (Å²) in [6, 6.07) is 11.5. The molecule has 31 heavy (non-hydrogen) atoms. The smallest absolute Gasteiger partial charge is 0.251 e. The lowest BCUT2D eigenvalue weighted by Crippen LogP contribution is -2.51. The van der Waals surface area contributed by atoms with Crippen LogP contribution in [-0.2, 0) is 28.9 Å². The van der Waals surface area contributed by atoms with Gasteiger partial charge in [-0.15, -0.1) is 0 Å². The molecule has 4 rings (SSSR count). The van der Waals surface area contributed by atoms with E-state index >= 15 is 0 Å². The number of amides is 2. The predicted octanol–water partition coefficient (Wildman–Crippen LogP) is 1.35. The molecule has 0 spiro atoms. The molecule has 1 heterocycles. The minimum atomic E-state index is -0.634. The number of aromatic hydroxyl groups is 1. The number of piperidine rings is 1. The van der Waals surface area contributed by atoms with E-state index in [-0.39, 0.29) is 29.4 Å². The van der Waals surface area contributed by atoms with Crippen LogP contribution in [0.15, 0.2) is 42.5 Å². The van der Waals surface area contributed by atoms with Crippen LogP contribution in [0.3, 0.4) is 0 Å². The molecule has 0 bridgehead atoms. The van der Waals surface area contributed by atoms with Gasteiger partial charge >= 0.3 is 0 Å². The zero-order valence-corrected chi connectivity index (χ0v) is 17.3. The molecule has 162 valence electrons. The van der Waals surface area contributed by atoms with Gasteiger partial charge in [0.05, 0.1) is 6.04 Å². The molecule has 2 aromatic carbocycles. The van der Waals surface area contributed by atoms with Crippen molar-refractivity contribution >= 4 is 17.6 Å². The number of nitrogens with two attached hydrogens (primary N) is 1. The van der Waals surface area contributed by atoms with Gasteiger partial charge < -0.3 is 21.1 Å². The topological polar surface area (TPSA) is 113 Å². The van der Waals surface area contributed by atoms with Crippen LogP contribution in [0.5, 0.6) is 5.75 Å². The summed E-state index contributed by atoms with van der Waals surface area (Å²) in [6.07, 6.45) is 2.62. The maximum Gasteiger partial charge on any atom is 0.251 e. The van der Waals surface area contributed by atoms with Gasteiger partial charge in [-0.1, -0.05) is 18.2 Å². The molecule has 1 aliphatic heterocycles. The molecule has 1 aliphatic carbocycles. The van der Waals surface area contributed by atoms with Gasteiger partial charge in [-0.2, -0.15) is 0 Å². The summed E-state index contributed by atoms with van der Waals surface area (Å²) >= 11 is 0. The second-order valence-electron chi connectivity index (χ2n) is 8.43. The predicted molar refractivity (Wildman–Crippen MR) is 116 cm³/mol. The van der Waals surface area contributed by atoms with Gasteiger partial charge in [0.25, 0.3) is 5.91 Å². The van der Waals surface area contributed by atoms with Crippen LogP contribution in [-0.4, -0.2) is 52.8 Å². The number of carbonyl (C=O) groups excluding carboxylic acids is 3. The lowest BCUT2D eigenvalue weighted by Gasteiger charge is -2.34. The van der Waals surface area contributed by atoms with Gasteiger partial charge in [0.1, 0.15) is 11.5 Å². The van der Waals surface area contributed by atoms with E-state index in [1.807, 2.05) is 12.1 Å². The highest BCUT2D eigenvalue weighted by Crippen LogP contribution is 2.21.